The lowest BCUT2D eigenvalue weighted by molar-refractivity contribution is -0.683. The maximum atomic E-state index is 12.7. The Morgan fingerprint density at radius 2 is 1.82 bits per heavy atom. The summed E-state index contributed by atoms with van der Waals surface area (Å²) < 4.78 is 1.91. The predicted octanol–water partition coefficient (Wildman–Crippen LogP) is 2.71. The van der Waals surface area contributed by atoms with Crippen molar-refractivity contribution in [2.75, 3.05) is 19.0 Å². The van der Waals surface area contributed by atoms with Crippen molar-refractivity contribution in [2.24, 2.45) is 0 Å². The van der Waals surface area contributed by atoms with Crippen LogP contribution in [0.3, 0.4) is 0 Å². The third-order valence-electron chi connectivity index (χ3n) is 3.89. The number of carbonyl (C=O) groups is 1. The molecule has 4 heteroatoms. The Balaban J connectivity index is 1.88. The lowest BCUT2D eigenvalue weighted by Gasteiger charge is -2.10. The van der Waals surface area contributed by atoms with Crippen LogP contribution in [0.5, 0.6) is 0 Å². The molecule has 1 N–H and O–H groups in total. The number of benzene rings is 1. The van der Waals surface area contributed by atoms with Crippen LogP contribution in [0.4, 0.5) is 5.69 Å². The fourth-order valence-electron chi connectivity index (χ4n) is 2.73. The molecule has 2 aromatic heterocycles. The number of nitrogens with one attached hydrogen (secondary N) is 1. The van der Waals surface area contributed by atoms with Gasteiger partial charge in [0.05, 0.1) is 5.56 Å². The van der Waals surface area contributed by atoms with Gasteiger partial charge in [-0.2, -0.15) is 4.57 Å². The monoisotopic (exact) mass is 294 g/mol. The highest BCUT2D eigenvalue weighted by atomic mass is 16.1. The van der Waals surface area contributed by atoms with E-state index in [1.54, 1.807) is 0 Å². The maximum absolute atomic E-state index is 12.7. The number of aromatic amines is 1. The number of fused-ring (bicyclic) bond motifs is 1. The van der Waals surface area contributed by atoms with Gasteiger partial charge in [-0.3, -0.25) is 4.79 Å². The Morgan fingerprint density at radius 1 is 1.14 bits per heavy atom. The summed E-state index contributed by atoms with van der Waals surface area (Å²) >= 11 is 0. The zero-order valence-corrected chi connectivity index (χ0v) is 13.1. The molecule has 0 unspecified atom stereocenters. The summed E-state index contributed by atoms with van der Waals surface area (Å²) in [6, 6.07) is 11.9. The topological polar surface area (TPSA) is 40.0 Å². The van der Waals surface area contributed by atoms with Crippen molar-refractivity contribution >= 4 is 22.4 Å². The lowest BCUT2D eigenvalue weighted by atomic mass is 10.1. The summed E-state index contributed by atoms with van der Waals surface area (Å²) in [5.74, 6) is 0.123. The Bertz CT molecular complexity index is 816. The fourth-order valence-corrected chi connectivity index (χ4v) is 2.73. The summed E-state index contributed by atoms with van der Waals surface area (Å²) in [5, 5.41) is 0.996. The molecule has 0 bridgehead atoms. The highest BCUT2D eigenvalue weighted by molar-refractivity contribution is 6.08. The van der Waals surface area contributed by atoms with E-state index in [-0.39, 0.29) is 5.78 Å². The van der Waals surface area contributed by atoms with E-state index in [0.717, 1.165) is 27.8 Å². The number of ketones is 1. The van der Waals surface area contributed by atoms with Gasteiger partial charge in [-0.15, -0.1) is 0 Å². The molecule has 0 amide bonds. The summed E-state index contributed by atoms with van der Waals surface area (Å²) in [5.41, 5.74) is 3.85. The van der Waals surface area contributed by atoms with Crippen LogP contribution in [0, 0.1) is 6.92 Å². The summed E-state index contributed by atoms with van der Waals surface area (Å²) in [4.78, 5) is 18.0. The number of hydrogen-bond donors (Lipinski definition) is 1. The molecule has 2 heterocycles. The van der Waals surface area contributed by atoms with Gasteiger partial charge >= 0.3 is 0 Å². The molecule has 4 nitrogen and oxygen atoms in total. The van der Waals surface area contributed by atoms with Crippen LogP contribution in [-0.4, -0.2) is 24.9 Å². The summed E-state index contributed by atoms with van der Waals surface area (Å²) in [6.45, 7) is 2.30. The van der Waals surface area contributed by atoms with Gasteiger partial charge in [0.1, 0.15) is 0 Å². The van der Waals surface area contributed by atoms with Crippen LogP contribution >= 0.6 is 0 Å². The second kappa shape index (κ2) is 5.64. The van der Waals surface area contributed by atoms with Crippen molar-refractivity contribution in [3.63, 3.8) is 0 Å². The van der Waals surface area contributed by atoms with Crippen LogP contribution in [0.2, 0.25) is 0 Å². The molecule has 3 aromatic rings. The summed E-state index contributed by atoms with van der Waals surface area (Å²) in [7, 11) is 4.00. The quantitative estimate of drug-likeness (QED) is 0.593. The highest BCUT2D eigenvalue weighted by Crippen LogP contribution is 2.22. The SMILES string of the molecule is Cc1[nH]c2ccccc2c1C(=O)C[n+]1ccc(N(C)C)cc1. The van der Waals surface area contributed by atoms with Crippen LogP contribution in [0.15, 0.2) is 48.8 Å². The van der Waals surface area contributed by atoms with Gasteiger partial charge in [0, 0.05) is 48.5 Å². The zero-order valence-electron chi connectivity index (χ0n) is 13.1. The smallest absolute Gasteiger partial charge is 0.229 e. The van der Waals surface area contributed by atoms with E-state index in [2.05, 4.69) is 4.98 Å². The third kappa shape index (κ3) is 2.60. The second-order valence-electron chi connectivity index (χ2n) is 5.72. The predicted molar refractivity (Wildman–Crippen MR) is 88.3 cm³/mol. The standard InChI is InChI=1S/C18H19N3O/c1-13-18(15-6-4-5-7-16(15)19-13)17(22)12-21-10-8-14(9-11-21)20(2)3/h4-11H,12H2,1-3H3/p+1. The minimum absolute atomic E-state index is 0.123. The van der Waals surface area contributed by atoms with Crippen LogP contribution in [-0.2, 0) is 6.54 Å². The van der Waals surface area contributed by atoms with Crippen LogP contribution < -0.4 is 9.47 Å². The average molecular weight is 294 g/mol. The first-order chi connectivity index (χ1) is 10.6. The zero-order chi connectivity index (χ0) is 15.7. The number of aromatic nitrogens is 2. The molecule has 0 spiro atoms. The molecule has 0 aliphatic heterocycles. The average Bonchev–Trinajstić information content (AvgIpc) is 2.83. The number of carbonyl (C=O) groups excluding carboxylic acids is 1. The molecule has 0 fully saturated rings. The number of nitrogens with zero attached hydrogens (tertiary/aromatic N) is 2. The number of hydrogen-bond acceptors (Lipinski definition) is 2. The molecule has 112 valence electrons. The normalized spacial score (nSPS) is 10.9. The van der Waals surface area contributed by atoms with Gasteiger partial charge in [-0.1, -0.05) is 18.2 Å². The Morgan fingerprint density at radius 3 is 2.50 bits per heavy atom. The van der Waals surface area contributed by atoms with Gasteiger partial charge in [0.15, 0.2) is 12.4 Å². The number of Topliss-reactive ketones (excluding diaryl/α,β-unsaturated/α-hetero) is 1. The van der Waals surface area contributed by atoms with Crippen molar-refractivity contribution in [1.82, 2.24) is 4.98 Å². The van der Waals surface area contributed by atoms with E-state index in [4.69, 9.17) is 0 Å². The Hall–Kier alpha value is -2.62. The number of aryl methyl sites for hydroxylation is 1. The van der Waals surface area contributed by atoms with Gasteiger partial charge < -0.3 is 9.88 Å². The number of anilines is 1. The molecule has 0 saturated heterocycles. The number of pyridine rings is 1. The second-order valence-corrected chi connectivity index (χ2v) is 5.72. The number of H-pyrrole nitrogens is 1. The molecule has 1 aromatic carbocycles. The van der Waals surface area contributed by atoms with E-state index < -0.39 is 0 Å². The molecule has 0 aliphatic rings. The number of para-hydroxylation sites is 1. The van der Waals surface area contributed by atoms with E-state index in [9.17, 15) is 4.79 Å². The van der Waals surface area contributed by atoms with Crippen molar-refractivity contribution in [3.05, 3.63) is 60.0 Å². The molecular formula is C18H20N3O+. The van der Waals surface area contributed by atoms with Gasteiger partial charge in [-0.05, 0) is 13.0 Å². The highest BCUT2D eigenvalue weighted by Gasteiger charge is 2.19. The van der Waals surface area contributed by atoms with Crippen molar-refractivity contribution in [3.8, 4) is 0 Å². The van der Waals surface area contributed by atoms with Crippen molar-refractivity contribution in [2.45, 2.75) is 13.5 Å². The largest absolute Gasteiger partial charge is 0.377 e. The molecule has 0 saturated carbocycles. The van der Waals surface area contributed by atoms with E-state index in [1.165, 1.54) is 0 Å². The molecular weight excluding hydrogens is 274 g/mol. The first-order valence-electron chi connectivity index (χ1n) is 7.33. The maximum Gasteiger partial charge on any atom is 0.229 e. The van der Waals surface area contributed by atoms with Crippen molar-refractivity contribution in [1.29, 1.82) is 0 Å². The first kappa shape index (κ1) is 14.3. The summed E-state index contributed by atoms with van der Waals surface area (Å²) in [6.07, 6.45) is 3.88. The van der Waals surface area contributed by atoms with Crippen LogP contribution in [0.1, 0.15) is 16.1 Å². The minimum Gasteiger partial charge on any atom is -0.377 e. The molecule has 3 rings (SSSR count). The lowest BCUT2D eigenvalue weighted by Crippen LogP contribution is -2.37. The Labute approximate surface area is 130 Å². The third-order valence-corrected chi connectivity index (χ3v) is 3.89. The van der Waals surface area contributed by atoms with E-state index in [0.29, 0.717) is 6.54 Å². The van der Waals surface area contributed by atoms with Gasteiger partial charge in [-0.25, -0.2) is 0 Å². The van der Waals surface area contributed by atoms with Gasteiger partial charge in [0.2, 0.25) is 12.3 Å². The van der Waals surface area contributed by atoms with Gasteiger partial charge in [0.25, 0.3) is 0 Å². The molecule has 0 atom stereocenters. The minimum atomic E-state index is 0.123. The van der Waals surface area contributed by atoms with Crippen molar-refractivity contribution < 1.29 is 9.36 Å². The van der Waals surface area contributed by atoms with E-state index in [1.807, 2.05) is 79.3 Å². The molecule has 0 aliphatic carbocycles. The van der Waals surface area contributed by atoms with E-state index >= 15 is 0 Å². The molecule has 0 radical (unpaired) electrons. The molecule has 22 heavy (non-hydrogen) atoms. The first-order valence-corrected chi connectivity index (χ1v) is 7.33. The fraction of sp³-hybridized carbons (Fsp3) is 0.222. The Kier molecular flexibility index (Phi) is 3.67. The number of rotatable bonds is 4. The van der Waals surface area contributed by atoms with Crippen LogP contribution in [0.25, 0.3) is 10.9 Å².